The van der Waals surface area contributed by atoms with E-state index in [9.17, 15) is 14.4 Å². The Kier molecular flexibility index (Phi) is 3.91. The summed E-state index contributed by atoms with van der Waals surface area (Å²) in [5.41, 5.74) is -1.06. The van der Waals surface area contributed by atoms with Crippen LogP contribution in [0.4, 0.5) is 4.79 Å². The lowest BCUT2D eigenvalue weighted by Gasteiger charge is -2.37. The molecule has 1 atom stereocenters. The molecule has 1 saturated heterocycles. The molecule has 0 aromatic heterocycles. The van der Waals surface area contributed by atoms with Crippen LogP contribution in [0.5, 0.6) is 0 Å². The number of hydrogen-bond donors (Lipinski definition) is 1. The molecule has 0 spiro atoms. The highest BCUT2D eigenvalue weighted by Gasteiger charge is 2.50. The summed E-state index contributed by atoms with van der Waals surface area (Å²) in [6.07, 6.45) is 1.69. The molecule has 1 heterocycles. The van der Waals surface area contributed by atoms with E-state index >= 15 is 0 Å². The van der Waals surface area contributed by atoms with Crippen molar-refractivity contribution in [3.63, 3.8) is 0 Å². The molecule has 1 N–H and O–H groups in total. The Morgan fingerprint density at radius 3 is 2.35 bits per heavy atom. The van der Waals surface area contributed by atoms with Gasteiger partial charge in [-0.2, -0.15) is 0 Å². The molecule has 0 aromatic rings. The van der Waals surface area contributed by atoms with Crippen molar-refractivity contribution in [1.29, 1.82) is 0 Å². The molecular formula is C12H20N2O3. The van der Waals surface area contributed by atoms with Gasteiger partial charge in [0, 0.05) is 7.05 Å². The van der Waals surface area contributed by atoms with Gasteiger partial charge in [0.1, 0.15) is 5.41 Å². The quantitative estimate of drug-likeness (QED) is 0.758. The fourth-order valence-corrected chi connectivity index (χ4v) is 2.06. The fraction of sp³-hybridized carbons (Fsp3) is 0.750. The minimum atomic E-state index is -1.06. The molecule has 17 heavy (non-hydrogen) atoms. The number of barbiturate groups is 1. The molecule has 1 fully saturated rings. The first-order valence-corrected chi connectivity index (χ1v) is 5.98. The van der Waals surface area contributed by atoms with E-state index in [1.807, 2.05) is 13.8 Å². The van der Waals surface area contributed by atoms with Crippen molar-refractivity contribution >= 4 is 17.8 Å². The Morgan fingerprint density at radius 2 is 1.88 bits per heavy atom. The third-order valence-corrected chi connectivity index (χ3v) is 3.43. The minimum absolute atomic E-state index is 0.380. The smallest absolute Gasteiger partial charge is 0.277 e. The van der Waals surface area contributed by atoms with E-state index in [1.54, 1.807) is 6.92 Å². The van der Waals surface area contributed by atoms with Crippen LogP contribution in [0.25, 0.3) is 0 Å². The van der Waals surface area contributed by atoms with Crippen molar-refractivity contribution in [2.75, 3.05) is 7.05 Å². The van der Waals surface area contributed by atoms with Crippen LogP contribution in [0, 0.1) is 11.3 Å². The van der Waals surface area contributed by atoms with E-state index in [4.69, 9.17) is 0 Å². The number of amides is 4. The molecule has 1 aliphatic rings. The zero-order chi connectivity index (χ0) is 13.2. The number of nitrogens with zero attached hydrogens (tertiary/aromatic N) is 1. The average Bonchev–Trinajstić information content (AvgIpc) is 2.27. The summed E-state index contributed by atoms with van der Waals surface area (Å²) in [5.74, 6) is -0.412. The summed E-state index contributed by atoms with van der Waals surface area (Å²) >= 11 is 0. The highest BCUT2D eigenvalue weighted by atomic mass is 16.2. The largest absolute Gasteiger partial charge is 0.330 e. The third-order valence-electron chi connectivity index (χ3n) is 3.43. The first-order valence-electron chi connectivity index (χ1n) is 5.98. The molecular weight excluding hydrogens is 220 g/mol. The van der Waals surface area contributed by atoms with Crippen molar-refractivity contribution in [3.8, 4) is 0 Å². The van der Waals surface area contributed by atoms with Crippen molar-refractivity contribution in [2.45, 2.75) is 40.0 Å². The molecule has 1 rings (SSSR count). The molecule has 0 unspecified atom stereocenters. The predicted octanol–water partition coefficient (Wildman–Crippen LogP) is 1.53. The predicted molar refractivity (Wildman–Crippen MR) is 63.1 cm³/mol. The van der Waals surface area contributed by atoms with E-state index in [-0.39, 0.29) is 5.91 Å². The van der Waals surface area contributed by atoms with Crippen LogP contribution < -0.4 is 5.32 Å². The van der Waals surface area contributed by atoms with E-state index in [0.717, 1.165) is 11.3 Å². The Labute approximate surface area is 102 Å². The molecule has 0 aromatic carbocycles. The van der Waals surface area contributed by atoms with Gasteiger partial charge in [-0.1, -0.05) is 20.8 Å². The maximum Gasteiger partial charge on any atom is 0.330 e. The number of imide groups is 2. The van der Waals surface area contributed by atoms with Crippen LogP contribution in [0.1, 0.15) is 40.0 Å². The number of rotatable bonds is 4. The van der Waals surface area contributed by atoms with Crippen LogP contribution in [0.15, 0.2) is 0 Å². The van der Waals surface area contributed by atoms with Gasteiger partial charge in [0.05, 0.1) is 0 Å². The summed E-state index contributed by atoms with van der Waals surface area (Å²) in [6.45, 7) is 5.90. The molecule has 0 saturated carbocycles. The summed E-state index contributed by atoms with van der Waals surface area (Å²) in [4.78, 5) is 36.4. The Hall–Kier alpha value is -1.39. The van der Waals surface area contributed by atoms with Gasteiger partial charge < -0.3 is 0 Å². The molecule has 4 amide bonds. The maximum absolute atomic E-state index is 12.2. The highest BCUT2D eigenvalue weighted by molar-refractivity contribution is 6.18. The molecule has 96 valence electrons. The summed E-state index contributed by atoms with van der Waals surface area (Å²) < 4.78 is 0. The first kappa shape index (κ1) is 13.7. The van der Waals surface area contributed by atoms with Crippen LogP contribution >= 0.6 is 0 Å². The number of hydrogen-bond acceptors (Lipinski definition) is 3. The van der Waals surface area contributed by atoms with Gasteiger partial charge in [-0.25, -0.2) is 4.79 Å². The van der Waals surface area contributed by atoms with Gasteiger partial charge in [-0.15, -0.1) is 0 Å². The minimum Gasteiger partial charge on any atom is -0.277 e. The van der Waals surface area contributed by atoms with Crippen molar-refractivity contribution in [2.24, 2.45) is 11.3 Å². The second-order valence-corrected chi connectivity index (χ2v) is 4.99. The summed E-state index contributed by atoms with van der Waals surface area (Å²) in [5, 5.41) is 2.25. The Morgan fingerprint density at radius 1 is 1.29 bits per heavy atom. The maximum atomic E-state index is 12.2. The first-order chi connectivity index (χ1) is 7.85. The highest BCUT2D eigenvalue weighted by Crippen LogP contribution is 2.34. The van der Waals surface area contributed by atoms with Gasteiger partial charge in [0.25, 0.3) is 0 Å². The molecule has 1 aliphatic heterocycles. The van der Waals surface area contributed by atoms with Gasteiger partial charge in [-0.05, 0) is 25.2 Å². The Bertz CT molecular complexity index is 352. The van der Waals surface area contributed by atoms with Gasteiger partial charge in [-0.3, -0.25) is 19.8 Å². The van der Waals surface area contributed by atoms with Crippen LogP contribution in [0.3, 0.4) is 0 Å². The zero-order valence-corrected chi connectivity index (χ0v) is 10.9. The van der Waals surface area contributed by atoms with Crippen LogP contribution in [-0.4, -0.2) is 29.8 Å². The number of urea groups is 1. The van der Waals surface area contributed by atoms with Gasteiger partial charge in [0.2, 0.25) is 11.8 Å². The lowest BCUT2D eigenvalue weighted by atomic mass is 9.76. The molecule has 0 aliphatic carbocycles. The zero-order valence-electron chi connectivity index (χ0n) is 10.9. The average molecular weight is 240 g/mol. The second kappa shape index (κ2) is 4.85. The van der Waals surface area contributed by atoms with E-state index in [2.05, 4.69) is 5.32 Å². The molecule has 5 heteroatoms. The summed E-state index contributed by atoms with van der Waals surface area (Å²) in [6, 6.07) is -0.631. The molecule has 0 bridgehead atoms. The number of carbonyl (C=O) groups is 3. The van der Waals surface area contributed by atoms with E-state index in [1.165, 1.54) is 7.05 Å². The van der Waals surface area contributed by atoms with Crippen LogP contribution in [-0.2, 0) is 9.59 Å². The fourth-order valence-electron chi connectivity index (χ4n) is 2.06. The van der Waals surface area contributed by atoms with Gasteiger partial charge >= 0.3 is 6.03 Å². The second-order valence-electron chi connectivity index (χ2n) is 4.99. The SMILES string of the molecule is CC[C@]1(CCC(C)C)C(=O)NC(=O)N(C)C1=O. The van der Waals surface area contributed by atoms with Crippen LogP contribution in [0.2, 0.25) is 0 Å². The Balaban J connectivity index is 2.98. The lowest BCUT2D eigenvalue weighted by Crippen LogP contribution is -2.62. The number of nitrogens with one attached hydrogen (secondary N) is 1. The lowest BCUT2D eigenvalue weighted by molar-refractivity contribution is -0.151. The van der Waals surface area contributed by atoms with Crippen molar-refractivity contribution in [1.82, 2.24) is 10.2 Å². The standard InChI is InChI=1S/C12H20N2O3/c1-5-12(7-6-8(2)3)9(15)13-11(17)14(4)10(12)16/h8H,5-7H2,1-4H3,(H,13,15,17)/t12-/m0/s1. The van der Waals surface area contributed by atoms with E-state index in [0.29, 0.717) is 18.8 Å². The topological polar surface area (TPSA) is 66.5 Å². The molecule has 0 radical (unpaired) electrons. The van der Waals surface area contributed by atoms with Crippen molar-refractivity contribution in [3.05, 3.63) is 0 Å². The normalized spacial score (nSPS) is 25.5. The number of carbonyl (C=O) groups excluding carboxylic acids is 3. The monoisotopic (exact) mass is 240 g/mol. The van der Waals surface area contributed by atoms with Gasteiger partial charge in [0.15, 0.2) is 0 Å². The molecule has 5 nitrogen and oxygen atoms in total. The van der Waals surface area contributed by atoms with E-state index < -0.39 is 17.4 Å². The summed E-state index contributed by atoms with van der Waals surface area (Å²) in [7, 11) is 1.41. The third kappa shape index (κ3) is 2.33. The van der Waals surface area contributed by atoms with Crippen molar-refractivity contribution < 1.29 is 14.4 Å².